The minimum atomic E-state index is -0.478. The molecule has 1 aromatic carbocycles. The highest BCUT2D eigenvalue weighted by molar-refractivity contribution is 5.96. The van der Waals surface area contributed by atoms with Gasteiger partial charge in [0.05, 0.1) is 25.4 Å². The van der Waals surface area contributed by atoms with Gasteiger partial charge in [0.2, 0.25) is 0 Å². The Morgan fingerprint density at radius 1 is 1.38 bits per heavy atom. The van der Waals surface area contributed by atoms with Crippen molar-refractivity contribution in [1.82, 2.24) is 15.7 Å². The van der Waals surface area contributed by atoms with Gasteiger partial charge in [-0.25, -0.2) is 5.43 Å². The SMILES string of the molecule is COc1cc(C=NNC(=O)CNC(=O)c2cccnc2)ccc1O. The smallest absolute Gasteiger partial charge is 0.259 e. The Hall–Kier alpha value is -3.42. The first kappa shape index (κ1) is 16.9. The molecule has 0 aliphatic rings. The lowest BCUT2D eigenvalue weighted by molar-refractivity contribution is -0.120. The average Bonchev–Trinajstić information content (AvgIpc) is 2.61. The van der Waals surface area contributed by atoms with Gasteiger partial charge in [0.1, 0.15) is 0 Å². The monoisotopic (exact) mass is 328 g/mol. The maximum atomic E-state index is 11.7. The standard InChI is InChI=1S/C16H16N4O4/c1-24-14-7-11(4-5-13(14)21)8-19-20-15(22)10-18-16(23)12-3-2-6-17-9-12/h2-9,21H,10H2,1H3,(H,18,23)(H,20,22). The Morgan fingerprint density at radius 3 is 2.92 bits per heavy atom. The number of hydrogen-bond donors (Lipinski definition) is 3. The number of nitrogens with one attached hydrogen (secondary N) is 2. The number of hydrazone groups is 1. The van der Waals surface area contributed by atoms with Crippen molar-refractivity contribution in [2.75, 3.05) is 13.7 Å². The van der Waals surface area contributed by atoms with Crippen molar-refractivity contribution in [2.45, 2.75) is 0 Å². The number of pyridine rings is 1. The molecular formula is C16H16N4O4. The third kappa shape index (κ3) is 4.80. The van der Waals surface area contributed by atoms with E-state index in [0.717, 1.165) is 0 Å². The molecule has 24 heavy (non-hydrogen) atoms. The number of nitrogens with zero attached hydrogens (tertiary/aromatic N) is 2. The van der Waals surface area contributed by atoms with E-state index in [4.69, 9.17) is 4.74 Å². The first-order valence-electron chi connectivity index (χ1n) is 6.97. The minimum Gasteiger partial charge on any atom is -0.504 e. The minimum absolute atomic E-state index is 0.0109. The fourth-order valence-corrected chi connectivity index (χ4v) is 1.75. The Labute approximate surface area is 138 Å². The number of ether oxygens (including phenoxy) is 1. The summed E-state index contributed by atoms with van der Waals surface area (Å²) in [5, 5.41) is 15.7. The number of benzene rings is 1. The van der Waals surface area contributed by atoms with Crippen molar-refractivity contribution >= 4 is 18.0 Å². The second-order valence-corrected chi connectivity index (χ2v) is 4.65. The molecule has 0 spiro atoms. The maximum Gasteiger partial charge on any atom is 0.259 e. The van der Waals surface area contributed by atoms with E-state index in [-0.39, 0.29) is 12.3 Å². The van der Waals surface area contributed by atoms with Gasteiger partial charge in [-0.3, -0.25) is 14.6 Å². The molecule has 0 atom stereocenters. The zero-order chi connectivity index (χ0) is 17.4. The largest absolute Gasteiger partial charge is 0.504 e. The van der Waals surface area contributed by atoms with Crippen molar-refractivity contribution in [3.8, 4) is 11.5 Å². The van der Waals surface area contributed by atoms with E-state index in [9.17, 15) is 14.7 Å². The molecule has 1 aromatic heterocycles. The van der Waals surface area contributed by atoms with Crippen LogP contribution in [0.1, 0.15) is 15.9 Å². The molecule has 0 fully saturated rings. The van der Waals surface area contributed by atoms with E-state index in [0.29, 0.717) is 16.9 Å². The lowest BCUT2D eigenvalue weighted by Crippen LogP contribution is -2.34. The molecule has 2 aromatic rings. The summed E-state index contributed by atoms with van der Waals surface area (Å²) in [6.45, 7) is -0.218. The summed E-state index contributed by atoms with van der Waals surface area (Å²) >= 11 is 0. The Kier molecular flexibility index (Phi) is 5.84. The molecule has 124 valence electrons. The normalized spacial score (nSPS) is 10.4. The molecule has 0 radical (unpaired) electrons. The predicted molar refractivity (Wildman–Crippen MR) is 87.0 cm³/mol. The van der Waals surface area contributed by atoms with Crippen LogP contribution < -0.4 is 15.5 Å². The van der Waals surface area contributed by atoms with Crippen LogP contribution in [0.3, 0.4) is 0 Å². The number of hydrogen-bond acceptors (Lipinski definition) is 6. The molecule has 8 nitrogen and oxygen atoms in total. The number of phenolic OH excluding ortho intramolecular Hbond substituents is 1. The van der Waals surface area contributed by atoms with Gasteiger partial charge in [0.15, 0.2) is 11.5 Å². The van der Waals surface area contributed by atoms with Gasteiger partial charge in [-0.05, 0) is 35.9 Å². The van der Waals surface area contributed by atoms with Gasteiger partial charge in [-0.1, -0.05) is 0 Å². The summed E-state index contributed by atoms with van der Waals surface area (Å²) < 4.78 is 4.97. The van der Waals surface area contributed by atoms with Crippen molar-refractivity contribution in [2.24, 2.45) is 5.10 Å². The second kappa shape index (κ2) is 8.28. The van der Waals surface area contributed by atoms with Crippen molar-refractivity contribution in [3.63, 3.8) is 0 Å². The number of amides is 2. The van der Waals surface area contributed by atoms with Crippen LogP contribution in [-0.2, 0) is 4.79 Å². The van der Waals surface area contributed by atoms with E-state index >= 15 is 0 Å². The fourth-order valence-electron chi connectivity index (χ4n) is 1.75. The summed E-state index contributed by atoms with van der Waals surface area (Å²) in [6, 6.07) is 7.85. The quantitative estimate of drug-likeness (QED) is 0.533. The first-order valence-corrected chi connectivity index (χ1v) is 6.97. The zero-order valence-electron chi connectivity index (χ0n) is 12.9. The summed E-state index contributed by atoms with van der Waals surface area (Å²) in [4.78, 5) is 27.2. The summed E-state index contributed by atoms with van der Waals surface area (Å²) in [6.07, 6.45) is 4.35. The van der Waals surface area contributed by atoms with Gasteiger partial charge in [0, 0.05) is 12.4 Å². The number of rotatable bonds is 6. The predicted octanol–water partition coefficient (Wildman–Crippen LogP) is 0.676. The number of methoxy groups -OCH3 is 1. The van der Waals surface area contributed by atoms with Crippen molar-refractivity contribution < 1.29 is 19.4 Å². The van der Waals surface area contributed by atoms with Gasteiger partial charge >= 0.3 is 0 Å². The number of carbonyl (C=O) groups is 2. The topological polar surface area (TPSA) is 113 Å². The molecule has 3 N–H and O–H groups in total. The molecule has 2 rings (SSSR count). The number of carbonyl (C=O) groups excluding carboxylic acids is 2. The Bertz CT molecular complexity index is 747. The third-order valence-corrected chi connectivity index (χ3v) is 2.94. The van der Waals surface area contributed by atoms with Gasteiger partial charge in [-0.2, -0.15) is 5.10 Å². The summed E-state index contributed by atoms with van der Waals surface area (Å²) in [7, 11) is 1.43. The molecule has 8 heteroatoms. The molecule has 0 aliphatic heterocycles. The van der Waals surface area contributed by atoms with E-state index in [1.165, 1.54) is 25.6 Å². The van der Waals surface area contributed by atoms with Crippen molar-refractivity contribution in [3.05, 3.63) is 53.9 Å². The van der Waals surface area contributed by atoms with E-state index in [1.54, 1.807) is 30.5 Å². The first-order chi connectivity index (χ1) is 11.6. The third-order valence-electron chi connectivity index (χ3n) is 2.94. The van der Waals surface area contributed by atoms with Crippen LogP contribution >= 0.6 is 0 Å². The highest BCUT2D eigenvalue weighted by Crippen LogP contribution is 2.25. The zero-order valence-corrected chi connectivity index (χ0v) is 12.9. The van der Waals surface area contributed by atoms with Crippen LogP contribution in [0.15, 0.2) is 47.8 Å². The van der Waals surface area contributed by atoms with Crippen LogP contribution in [-0.4, -0.2) is 41.8 Å². The molecule has 0 aliphatic carbocycles. The molecule has 0 saturated heterocycles. The number of aromatic nitrogens is 1. The highest BCUT2D eigenvalue weighted by atomic mass is 16.5. The molecular weight excluding hydrogens is 312 g/mol. The molecule has 0 saturated carbocycles. The van der Waals surface area contributed by atoms with Crippen LogP contribution in [0.5, 0.6) is 11.5 Å². The molecule has 2 amide bonds. The van der Waals surface area contributed by atoms with Crippen LogP contribution in [0.4, 0.5) is 0 Å². The lowest BCUT2D eigenvalue weighted by atomic mass is 10.2. The molecule has 0 bridgehead atoms. The van der Waals surface area contributed by atoms with Gasteiger partial charge < -0.3 is 15.2 Å². The highest BCUT2D eigenvalue weighted by Gasteiger charge is 2.07. The number of phenols is 1. The van der Waals surface area contributed by atoms with Gasteiger partial charge in [0.25, 0.3) is 11.8 Å². The van der Waals surface area contributed by atoms with E-state index in [2.05, 4.69) is 20.8 Å². The van der Waals surface area contributed by atoms with Crippen LogP contribution in [0.25, 0.3) is 0 Å². The average molecular weight is 328 g/mol. The summed E-state index contributed by atoms with van der Waals surface area (Å²) in [5.41, 5.74) is 3.28. The Morgan fingerprint density at radius 2 is 2.21 bits per heavy atom. The van der Waals surface area contributed by atoms with E-state index < -0.39 is 11.8 Å². The Balaban J connectivity index is 1.81. The second-order valence-electron chi connectivity index (χ2n) is 4.65. The van der Waals surface area contributed by atoms with Crippen LogP contribution in [0, 0.1) is 0 Å². The lowest BCUT2D eigenvalue weighted by Gasteiger charge is -2.04. The maximum absolute atomic E-state index is 11.7. The van der Waals surface area contributed by atoms with Crippen LogP contribution in [0.2, 0.25) is 0 Å². The van der Waals surface area contributed by atoms with Gasteiger partial charge in [-0.15, -0.1) is 0 Å². The van der Waals surface area contributed by atoms with Crippen molar-refractivity contribution in [1.29, 1.82) is 0 Å². The van der Waals surface area contributed by atoms with E-state index in [1.807, 2.05) is 0 Å². The molecule has 0 unspecified atom stereocenters. The number of aromatic hydroxyl groups is 1. The molecule has 1 heterocycles. The fraction of sp³-hybridized carbons (Fsp3) is 0.125. The summed E-state index contributed by atoms with van der Waals surface area (Å²) in [5.74, 6) is -0.564.